The Morgan fingerprint density at radius 1 is 1.33 bits per heavy atom. The van der Waals surface area contributed by atoms with Crippen molar-refractivity contribution >= 4 is 0 Å². The summed E-state index contributed by atoms with van der Waals surface area (Å²) in [6.07, 6.45) is 0. The molecule has 0 aliphatic heterocycles. The first-order valence-electron chi connectivity index (χ1n) is 0.548. The van der Waals surface area contributed by atoms with Gasteiger partial charge in [0.2, 0.25) is 0 Å². The van der Waals surface area contributed by atoms with Crippen LogP contribution in [0.15, 0.2) is 0 Å². The molecule has 0 atom stereocenters. The predicted octanol–water partition coefficient (Wildman–Crippen LogP) is -0.242. The van der Waals surface area contributed by atoms with Gasteiger partial charge in [0.05, 0.1) is 5.09 Å². The molecule has 0 unspecified atom stereocenters. The third-order valence-electron chi connectivity index (χ3n) is 0. The summed E-state index contributed by atoms with van der Waals surface area (Å²) in [5, 5.41) is 14.8. The maximum absolute atomic E-state index is 8.25. The fourth-order valence-corrected chi connectivity index (χ4v) is 0. The zero-order valence-electron chi connectivity index (χ0n) is 2.58. The van der Waals surface area contributed by atoms with Gasteiger partial charge >= 0.3 is 0 Å². The largest absolute Gasteiger partial charge is 0.356 e. The summed E-state index contributed by atoms with van der Waals surface area (Å²) in [6.45, 7) is 0. The Bertz CT molecular complexity index is 33.8. The van der Waals surface area contributed by atoms with Crippen LogP contribution in [0.25, 0.3) is 0 Å². The van der Waals surface area contributed by atoms with Crippen LogP contribution in [0, 0.1) is 53.9 Å². The van der Waals surface area contributed by atoms with E-state index in [-0.39, 0.29) is 71.3 Å². The molecule has 0 N–H and O–H groups in total. The van der Waals surface area contributed by atoms with E-state index in [9.17, 15) is 0 Å². The summed E-state index contributed by atoms with van der Waals surface area (Å²) in [6, 6.07) is 0. The van der Waals surface area contributed by atoms with Crippen LogP contribution in [0.3, 0.4) is 0 Å². The third kappa shape index (κ3) is 46.6. The van der Waals surface area contributed by atoms with Crippen LogP contribution >= 0.6 is 0 Å². The van der Waals surface area contributed by atoms with Crippen LogP contribution in [0.4, 0.5) is 0 Å². The van der Waals surface area contributed by atoms with Gasteiger partial charge in [0.25, 0.3) is 0 Å². The molecule has 0 bridgehead atoms. The first kappa shape index (κ1) is 15.6. The van der Waals surface area contributed by atoms with Gasteiger partial charge in [-0.15, -0.1) is 0 Å². The second-order valence-corrected chi connectivity index (χ2v) is 0.224. The first-order chi connectivity index (χ1) is 1.73. The van der Waals surface area contributed by atoms with E-state index in [0.717, 1.165) is 0 Å². The molecule has 6 heteroatoms. The van der Waals surface area contributed by atoms with Crippen LogP contribution in [-0.2, 0) is 32.7 Å². The van der Waals surface area contributed by atoms with Crippen molar-refractivity contribution in [3.05, 3.63) is 15.3 Å². The Balaban J connectivity index is -0.0000000450. The minimum Gasteiger partial charge on any atom is -0.356 e. The monoisotopic (exact) mass is 310 g/mol. The van der Waals surface area contributed by atoms with E-state index in [2.05, 4.69) is 0 Å². The molecule has 0 spiro atoms. The van der Waals surface area contributed by atoms with Gasteiger partial charge in [-0.1, -0.05) is 0 Å². The molecular formula is NO3TbY-. The molecule has 0 aromatic rings. The maximum atomic E-state index is 8.25. The Labute approximate surface area is 90.1 Å². The number of nitrogens with zero attached hydrogens (tertiary/aromatic N) is 1. The van der Waals surface area contributed by atoms with E-state index in [1.165, 1.54) is 0 Å². The van der Waals surface area contributed by atoms with Crippen molar-refractivity contribution in [1.82, 2.24) is 0 Å². The van der Waals surface area contributed by atoms with E-state index in [1.54, 1.807) is 0 Å². The van der Waals surface area contributed by atoms with Crippen molar-refractivity contribution in [2.45, 2.75) is 0 Å². The molecule has 2 radical (unpaired) electrons. The number of hydrogen-bond donors (Lipinski definition) is 0. The van der Waals surface area contributed by atoms with Crippen LogP contribution in [0.5, 0.6) is 0 Å². The molecule has 36 valence electrons. The van der Waals surface area contributed by atoms with Gasteiger partial charge in [-0.3, -0.25) is 0 Å². The smallest absolute Gasteiger partial charge is 0.0689 e. The van der Waals surface area contributed by atoms with Gasteiger partial charge in [-0.05, 0) is 0 Å². The summed E-state index contributed by atoms with van der Waals surface area (Å²) >= 11 is 0. The summed E-state index contributed by atoms with van der Waals surface area (Å²) < 4.78 is 0. The van der Waals surface area contributed by atoms with Crippen molar-refractivity contribution in [3.8, 4) is 0 Å². The van der Waals surface area contributed by atoms with E-state index >= 15 is 0 Å². The topological polar surface area (TPSA) is 66.2 Å². The second kappa shape index (κ2) is 9.77. The molecule has 0 aromatic heterocycles. The van der Waals surface area contributed by atoms with Crippen molar-refractivity contribution in [3.63, 3.8) is 0 Å². The van der Waals surface area contributed by atoms with Crippen LogP contribution in [-0.4, -0.2) is 5.09 Å². The molecule has 0 saturated heterocycles. The molecule has 0 rings (SSSR count). The predicted molar refractivity (Wildman–Crippen MR) is 10.4 cm³/mol. The summed E-state index contributed by atoms with van der Waals surface area (Å²) in [5.41, 5.74) is 0. The maximum Gasteiger partial charge on any atom is 0.0689 e. The van der Waals surface area contributed by atoms with Crippen molar-refractivity contribution in [1.29, 1.82) is 0 Å². The Kier molecular flexibility index (Phi) is 25.5. The molecule has 0 aromatic carbocycles. The first-order valence-corrected chi connectivity index (χ1v) is 0.548. The van der Waals surface area contributed by atoms with Crippen LogP contribution in [0.2, 0.25) is 0 Å². The summed E-state index contributed by atoms with van der Waals surface area (Å²) in [4.78, 5) is 8.25. The van der Waals surface area contributed by atoms with E-state index in [4.69, 9.17) is 15.3 Å². The normalized spacial score (nSPS) is 4.00. The quantitative estimate of drug-likeness (QED) is 0.458. The fourth-order valence-electron chi connectivity index (χ4n) is 0. The summed E-state index contributed by atoms with van der Waals surface area (Å²) in [5.74, 6) is 0. The second-order valence-electron chi connectivity index (χ2n) is 0.224. The number of rotatable bonds is 0. The molecular weight excluding hydrogens is 310 g/mol. The van der Waals surface area contributed by atoms with E-state index in [1.807, 2.05) is 0 Å². The van der Waals surface area contributed by atoms with Crippen LogP contribution in [0.1, 0.15) is 0 Å². The third-order valence-corrected chi connectivity index (χ3v) is 0. The van der Waals surface area contributed by atoms with Crippen LogP contribution < -0.4 is 0 Å². The van der Waals surface area contributed by atoms with Gasteiger partial charge in [-0.2, -0.15) is 0 Å². The average Bonchev–Trinajstić information content (AvgIpc) is 0.811. The minimum absolute atomic E-state index is 0. The van der Waals surface area contributed by atoms with Gasteiger partial charge in [0, 0.05) is 71.3 Å². The molecule has 0 heterocycles. The molecule has 0 aliphatic rings. The molecule has 0 saturated carbocycles. The van der Waals surface area contributed by atoms with Gasteiger partial charge in [0.15, 0.2) is 0 Å². The minimum atomic E-state index is -1.75. The Morgan fingerprint density at radius 3 is 1.33 bits per heavy atom. The SMILES string of the molecule is O=[N+]([O-])[O-].[Tb].[Y]. The number of hydrogen-bond acceptors (Lipinski definition) is 3. The fraction of sp³-hybridized carbons (Fsp3) is 0. The van der Waals surface area contributed by atoms with Gasteiger partial charge < -0.3 is 15.3 Å². The van der Waals surface area contributed by atoms with E-state index in [0.29, 0.717) is 0 Å². The summed E-state index contributed by atoms with van der Waals surface area (Å²) in [7, 11) is 0. The van der Waals surface area contributed by atoms with Gasteiger partial charge in [0.1, 0.15) is 0 Å². The Hall–Kier alpha value is 1.59. The van der Waals surface area contributed by atoms with Crippen molar-refractivity contribution in [2.75, 3.05) is 0 Å². The molecule has 0 amide bonds. The van der Waals surface area contributed by atoms with E-state index < -0.39 is 5.09 Å². The molecule has 0 fully saturated rings. The van der Waals surface area contributed by atoms with Gasteiger partial charge in [-0.25, -0.2) is 0 Å². The van der Waals surface area contributed by atoms with Crippen molar-refractivity contribution in [2.24, 2.45) is 0 Å². The molecule has 4 nitrogen and oxygen atoms in total. The van der Waals surface area contributed by atoms with Crippen molar-refractivity contribution < 1.29 is 76.4 Å². The standard InChI is InChI=1S/NO3.Tb.Y/c2-1(3)4;;/q-1;;. The molecule has 0 aliphatic carbocycles. The molecule has 6 heavy (non-hydrogen) atoms. The zero-order valence-corrected chi connectivity index (χ0v) is 7.56. The Morgan fingerprint density at radius 2 is 1.33 bits per heavy atom. The zero-order chi connectivity index (χ0) is 3.58. The average molecular weight is 310 g/mol.